The van der Waals surface area contributed by atoms with Crippen LogP contribution in [0.5, 0.6) is 0 Å². The molecule has 0 spiro atoms. The summed E-state index contributed by atoms with van der Waals surface area (Å²) in [7, 11) is 1.86. The molecule has 0 aromatic carbocycles. The maximum atomic E-state index is 13.2. The molecule has 0 unspecified atom stereocenters. The second kappa shape index (κ2) is 9.52. The Labute approximate surface area is 164 Å². The van der Waals surface area contributed by atoms with E-state index >= 15 is 0 Å². The average Bonchev–Trinajstić information content (AvgIpc) is 3.26. The topological polar surface area (TPSA) is 63.1 Å². The molecule has 1 saturated heterocycles. The summed E-state index contributed by atoms with van der Waals surface area (Å²) in [5.74, 6) is 0.121. The molecule has 1 aliphatic heterocycles. The Kier molecular flexibility index (Phi) is 8.34. The molecule has 3 rings (SSSR count). The number of amides is 1. The minimum absolute atomic E-state index is 0. The van der Waals surface area contributed by atoms with Gasteiger partial charge >= 0.3 is 0 Å². The number of carbonyl (C=O) groups is 1. The van der Waals surface area contributed by atoms with Crippen molar-refractivity contribution < 1.29 is 4.79 Å². The first kappa shape index (κ1) is 21.9. The third-order valence-corrected chi connectivity index (χ3v) is 5.57. The van der Waals surface area contributed by atoms with Crippen molar-refractivity contribution in [2.24, 2.45) is 0 Å². The monoisotopic (exact) mass is 405 g/mol. The zero-order chi connectivity index (χ0) is 16.3. The van der Waals surface area contributed by atoms with Gasteiger partial charge in [0, 0.05) is 30.5 Å². The van der Waals surface area contributed by atoms with E-state index in [1.54, 1.807) is 22.4 Å². The number of halogens is 2. The van der Waals surface area contributed by atoms with Gasteiger partial charge in [-0.2, -0.15) is 5.10 Å². The van der Waals surface area contributed by atoms with E-state index in [2.05, 4.69) is 22.3 Å². The second-order valence-corrected chi connectivity index (χ2v) is 7.17. The Bertz CT molecular complexity index is 655. The van der Waals surface area contributed by atoms with E-state index < -0.39 is 5.54 Å². The smallest absolute Gasteiger partial charge is 0.250 e. The highest BCUT2D eigenvalue weighted by molar-refractivity contribution is 7.11. The molecule has 1 amide bonds. The SMILES string of the molecule is CCc1cnc(CN(C)C(=O)C2(n3cccn3)CCNCC2)s1.Cl.Cl. The number of nitrogens with one attached hydrogen (secondary N) is 1. The number of likely N-dealkylation sites (N-methyl/N-ethyl adjacent to an activating group) is 1. The quantitative estimate of drug-likeness (QED) is 0.829. The Balaban J connectivity index is 0.00000156. The van der Waals surface area contributed by atoms with Gasteiger partial charge in [0.2, 0.25) is 0 Å². The van der Waals surface area contributed by atoms with Crippen molar-refractivity contribution in [2.75, 3.05) is 20.1 Å². The van der Waals surface area contributed by atoms with Crippen molar-refractivity contribution in [2.45, 2.75) is 38.3 Å². The van der Waals surface area contributed by atoms with Gasteiger partial charge in [-0.15, -0.1) is 36.2 Å². The lowest BCUT2D eigenvalue weighted by Gasteiger charge is -2.39. The Morgan fingerprint density at radius 2 is 2.12 bits per heavy atom. The zero-order valence-corrected chi connectivity index (χ0v) is 16.9. The van der Waals surface area contributed by atoms with Crippen molar-refractivity contribution in [3.63, 3.8) is 0 Å². The van der Waals surface area contributed by atoms with Crippen LogP contribution in [-0.4, -0.2) is 45.7 Å². The van der Waals surface area contributed by atoms with Gasteiger partial charge in [-0.25, -0.2) is 4.98 Å². The standard InChI is InChI=1S/C16H23N5OS.2ClH/c1-3-13-11-18-14(23-13)12-20(2)15(22)16(5-8-17-9-6-16)21-10-4-7-19-21;;/h4,7,10-11,17H,3,5-6,8-9,12H2,1-2H3;2*1H. The highest BCUT2D eigenvalue weighted by Crippen LogP contribution is 2.29. The largest absolute Gasteiger partial charge is 0.337 e. The number of carbonyl (C=O) groups excluding carboxylic acids is 1. The van der Waals surface area contributed by atoms with Crippen LogP contribution in [0.15, 0.2) is 24.7 Å². The first-order valence-corrected chi connectivity index (χ1v) is 8.87. The van der Waals surface area contributed by atoms with E-state index in [9.17, 15) is 4.79 Å². The molecule has 0 saturated carbocycles. The van der Waals surface area contributed by atoms with Crippen molar-refractivity contribution in [3.8, 4) is 0 Å². The Morgan fingerprint density at radius 1 is 1.40 bits per heavy atom. The van der Waals surface area contributed by atoms with E-state index in [0.717, 1.165) is 37.4 Å². The van der Waals surface area contributed by atoms with E-state index in [0.29, 0.717) is 6.54 Å². The van der Waals surface area contributed by atoms with Gasteiger partial charge in [0.05, 0.1) is 6.54 Å². The Hall–Kier alpha value is -1.15. The maximum absolute atomic E-state index is 13.2. The fraction of sp³-hybridized carbons (Fsp3) is 0.562. The average molecular weight is 406 g/mol. The van der Waals surface area contributed by atoms with Crippen LogP contribution < -0.4 is 5.32 Å². The Morgan fingerprint density at radius 3 is 2.68 bits per heavy atom. The maximum Gasteiger partial charge on any atom is 0.250 e. The molecule has 1 aliphatic rings. The van der Waals surface area contributed by atoms with E-state index in [1.165, 1.54) is 4.88 Å². The molecule has 140 valence electrons. The number of hydrogen-bond donors (Lipinski definition) is 1. The molecule has 9 heteroatoms. The predicted octanol–water partition coefficient (Wildman–Crippen LogP) is 2.48. The van der Waals surface area contributed by atoms with Gasteiger partial charge in [-0.05, 0) is 38.4 Å². The number of hydrogen-bond acceptors (Lipinski definition) is 5. The summed E-state index contributed by atoms with van der Waals surface area (Å²) in [5.41, 5.74) is -0.575. The summed E-state index contributed by atoms with van der Waals surface area (Å²) in [6.45, 7) is 4.33. The molecule has 0 atom stereocenters. The molecule has 2 aromatic heterocycles. The van der Waals surface area contributed by atoms with Crippen molar-refractivity contribution in [1.82, 2.24) is 25.0 Å². The summed E-state index contributed by atoms with van der Waals surface area (Å²) in [4.78, 5) is 20.7. The molecule has 25 heavy (non-hydrogen) atoms. The number of nitrogens with zero attached hydrogens (tertiary/aromatic N) is 4. The molecular weight excluding hydrogens is 381 g/mol. The number of rotatable bonds is 5. The van der Waals surface area contributed by atoms with Crippen molar-refractivity contribution >= 4 is 42.1 Å². The van der Waals surface area contributed by atoms with Gasteiger partial charge in [0.15, 0.2) is 0 Å². The van der Waals surface area contributed by atoms with Gasteiger partial charge in [0.1, 0.15) is 10.5 Å². The third-order valence-electron chi connectivity index (χ3n) is 4.44. The highest BCUT2D eigenvalue weighted by Gasteiger charge is 2.43. The van der Waals surface area contributed by atoms with Crippen LogP contribution in [0.2, 0.25) is 0 Å². The summed E-state index contributed by atoms with van der Waals surface area (Å²) < 4.78 is 1.84. The predicted molar refractivity (Wildman–Crippen MR) is 105 cm³/mol. The van der Waals surface area contributed by atoms with Crippen LogP contribution in [0.4, 0.5) is 0 Å². The number of aromatic nitrogens is 3. The first-order chi connectivity index (χ1) is 11.2. The zero-order valence-electron chi connectivity index (χ0n) is 14.5. The van der Waals surface area contributed by atoms with Crippen LogP contribution in [0.3, 0.4) is 0 Å². The third kappa shape index (κ3) is 4.53. The molecule has 0 bridgehead atoms. The van der Waals surface area contributed by atoms with Gasteiger partial charge in [-0.1, -0.05) is 6.92 Å². The summed E-state index contributed by atoms with van der Waals surface area (Å²) >= 11 is 1.68. The number of thiazole rings is 1. The van der Waals surface area contributed by atoms with Crippen molar-refractivity contribution in [1.29, 1.82) is 0 Å². The fourth-order valence-electron chi connectivity index (χ4n) is 3.12. The lowest BCUT2D eigenvalue weighted by atomic mass is 9.87. The van der Waals surface area contributed by atoms with E-state index in [1.807, 2.05) is 30.2 Å². The molecule has 6 nitrogen and oxygen atoms in total. The molecule has 0 aliphatic carbocycles. The van der Waals surface area contributed by atoms with Crippen LogP contribution in [0.25, 0.3) is 0 Å². The highest BCUT2D eigenvalue weighted by atomic mass is 35.5. The van der Waals surface area contributed by atoms with Crippen molar-refractivity contribution in [3.05, 3.63) is 34.5 Å². The minimum atomic E-state index is -0.575. The fourth-order valence-corrected chi connectivity index (χ4v) is 4.03. The molecule has 0 radical (unpaired) electrons. The van der Waals surface area contributed by atoms with Crippen LogP contribution in [0.1, 0.15) is 29.7 Å². The molecular formula is C16H25Cl2N5OS. The van der Waals surface area contributed by atoms with Crippen LogP contribution in [-0.2, 0) is 23.3 Å². The van der Waals surface area contributed by atoms with Crippen LogP contribution >= 0.6 is 36.2 Å². The lowest BCUT2D eigenvalue weighted by Crippen LogP contribution is -2.54. The number of aryl methyl sites for hydroxylation is 1. The molecule has 1 N–H and O–H groups in total. The van der Waals surface area contributed by atoms with E-state index in [-0.39, 0.29) is 30.7 Å². The second-order valence-electron chi connectivity index (χ2n) is 5.97. The summed E-state index contributed by atoms with van der Waals surface area (Å²) in [6, 6.07) is 1.88. The molecule has 3 heterocycles. The molecule has 1 fully saturated rings. The van der Waals surface area contributed by atoms with Gasteiger partial charge in [0.25, 0.3) is 5.91 Å². The normalized spacial score (nSPS) is 15.8. The summed E-state index contributed by atoms with van der Waals surface area (Å²) in [5, 5.41) is 8.69. The summed E-state index contributed by atoms with van der Waals surface area (Å²) in [6.07, 6.45) is 8.05. The van der Waals surface area contributed by atoms with E-state index in [4.69, 9.17) is 0 Å². The number of piperidine rings is 1. The minimum Gasteiger partial charge on any atom is -0.337 e. The first-order valence-electron chi connectivity index (χ1n) is 8.05. The lowest BCUT2D eigenvalue weighted by molar-refractivity contribution is -0.142. The van der Waals surface area contributed by atoms with Gasteiger partial charge < -0.3 is 10.2 Å². The van der Waals surface area contributed by atoms with Gasteiger partial charge in [-0.3, -0.25) is 9.48 Å². The van der Waals surface area contributed by atoms with Crippen LogP contribution in [0, 0.1) is 0 Å². The molecule has 2 aromatic rings.